The van der Waals surface area contributed by atoms with E-state index in [9.17, 15) is 9.59 Å². The summed E-state index contributed by atoms with van der Waals surface area (Å²) >= 11 is 4.60. The quantitative estimate of drug-likeness (QED) is 0.738. The monoisotopic (exact) mass is 379 g/mol. The van der Waals surface area contributed by atoms with Gasteiger partial charge in [-0.1, -0.05) is 0 Å². The molecule has 3 aromatic rings. The number of aromatic amines is 1. The topological polar surface area (TPSA) is 66.1 Å². The van der Waals surface area contributed by atoms with Gasteiger partial charge in [0.05, 0.1) is 16.9 Å². The second-order valence-electron chi connectivity index (χ2n) is 5.53. The maximum absolute atomic E-state index is 12.5. The van der Waals surface area contributed by atoms with Crippen LogP contribution in [-0.4, -0.2) is 40.6 Å². The number of aryl methyl sites for hydroxylation is 1. The molecule has 0 radical (unpaired) electrons. The van der Waals surface area contributed by atoms with Gasteiger partial charge in [0.1, 0.15) is 10.7 Å². The maximum atomic E-state index is 12.5. The van der Waals surface area contributed by atoms with Crippen LogP contribution in [0.1, 0.15) is 10.7 Å². The molecule has 3 heterocycles. The second-order valence-corrected chi connectivity index (χ2v) is 8.67. The van der Waals surface area contributed by atoms with Crippen LogP contribution >= 0.6 is 34.4 Å². The van der Waals surface area contributed by atoms with E-state index in [-0.39, 0.29) is 11.5 Å². The minimum Gasteiger partial charge on any atom is -0.348 e. The van der Waals surface area contributed by atoms with Gasteiger partial charge in [0.15, 0.2) is 0 Å². The van der Waals surface area contributed by atoms with Crippen LogP contribution in [0.5, 0.6) is 0 Å². The molecule has 5 nitrogen and oxygen atoms in total. The van der Waals surface area contributed by atoms with E-state index in [1.165, 1.54) is 28.0 Å². The normalized spacial score (nSPS) is 11.1. The van der Waals surface area contributed by atoms with Gasteiger partial charge in [-0.2, -0.15) is 0 Å². The number of fused-ring (bicyclic) bond motifs is 1. The zero-order valence-electron chi connectivity index (χ0n) is 13.6. The van der Waals surface area contributed by atoms with Crippen LogP contribution in [0.3, 0.4) is 0 Å². The number of carbonyl (C=O) groups is 1. The maximum Gasteiger partial charge on any atom is 0.260 e. The zero-order chi connectivity index (χ0) is 17.3. The summed E-state index contributed by atoms with van der Waals surface area (Å²) in [6.07, 6.45) is 0. The van der Waals surface area contributed by atoms with Crippen LogP contribution in [0.2, 0.25) is 0 Å². The zero-order valence-corrected chi connectivity index (χ0v) is 16.0. The lowest BCUT2D eigenvalue weighted by Gasteiger charge is -2.09. The minimum absolute atomic E-state index is 0.0508. The van der Waals surface area contributed by atoms with Crippen molar-refractivity contribution in [2.24, 2.45) is 0 Å². The molecule has 0 unspecified atom stereocenters. The number of rotatable bonds is 5. The Morgan fingerprint density at radius 1 is 1.38 bits per heavy atom. The third kappa shape index (κ3) is 3.55. The molecule has 0 saturated carbocycles. The molecule has 1 N–H and O–H groups in total. The molecule has 0 aliphatic rings. The number of thioether (sulfide) groups is 1. The Balaban J connectivity index is 1.84. The standard InChI is InChI=1S/C16H17N3O2S3/c1-9-4-5-11(24-9)10-6-23-16-14(10)15(21)17-12(18-16)7-22-8-13(20)19(2)3/h4-6H,7-8H2,1-3H3,(H,17,18,21). The molecule has 126 valence electrons. The van der Waals surface area contributed by atoms with Crippen molar-refractivity contribution in [2.45, 2.75) is 12.7 Å². The molecule has 3 aromatic heterocycles. The molecular formula is C16H17N3O2S3. The van der Waals surface area contributed by atoms with Crippen molar-refractivity contribution in [2.75, 3.05) is 19.8 Å². The number of amides is 1. The summed E-state index contributed by atoms with van der Waals surface area (Å²) < 4.78 is 0. The molecular weight excluding hydrogens is 362 g/mol. The van der Waals surface area contributed by atoms with Crippen LogP contribution in [0.15, 0.2) is 22.3 Å². The van der Waals surface area contributed by atoms with Crippen LogP contribution in [-0.2, 0) is 10.5 Å². The number of nitrogens with one attached hydrogen (secondary N) is 1. The number of hydrogen-bond acceptors (Lipinski definition) is 6. The van der Waals surface area contributed by atoms with Crippen molar-refractivity contribution in [3.05, 3.63) is 38.6 Å². The van der Waals surface area contributed by atoms with Crippen molar-refractivity contribution < 1.29 is 4.79 Å². The number of carbonyl (C=O) groups excluding carboxylic acids is 1. The van der Waals surface area contributed by atoms with Crippen LogP contribution < -0.4 is 5.56 Å². The van der Waals surface area contributed by atoms with E-state index in [0.717, 1.165) is 15.3 Å². The Kier molecular flexibility index (Phi) is 5.07. The van der Waals surface area contributed by atoms with E-state index >= 15 is 0 Å². The summed E-state index contributed by atoms with van der Waals surface area (Å²) in [5.41, 5.74) is 0.834. The summed E-state index contributed by atoms with van der Waals surface area (Å²) in [6.45, 7) is 2.05. The number of H-pyrrole nitrogens is 1. The highest BCUT2D eigenvalue weighted by Crippen LogP contribution is 2.35. The fourth-order valence-corrected chi connectivity index (χ4v) is 4.97. The van der Waals surface area contributed by atoms with E-state index in [4.69, 9.17) is 0 Å². The molecule has 0 bridgehead atoms. The third-order valence-corrected chi connectivity index (χ3v) is 6.30. The van der Waals surface area contributed by atoms with E-state index in [1.54, 1.807) is 30.3 Å². The summed E-state index contributed by atoms with van der Waals surface area (Å²) in [5.74, 6) is 1.55. The Labute approximate surface area is 151 Å². The Morgan fingerprint density at radius 2 is 2.17 bits per heavy atom. The number of aromatic nitrogens is 2. The van der Waals surface area contributed by atoms with Gasteiger partial charge in [-0.3, -0.25) is 9.59 Å². The van der Waals surface area contributed by atoms with Gasteiger partial charge in [-0.15, -0.1) is 34.4 Å². The largest absolute Gasteiger partial charge is 0.348 e. The molecule has 0 fully saturated rings. The van der Waals surface area contributed by atoms with E-state index < -0.39 is 0 Å². The second kappa shape index (κ2) is 7.08. The lowest BCUT2D eigenvalue weighted by molar-refractivity contribution is -0.125. The van der Waals surface area contributed by atoms with Gasteiger partial charge in [-0.25, -0.2) is 4.98 Å². The Bertz CT molecular complexity index is 940. The van der Waals surface area contributed by atoms with Crippen molar-refractivity contribution >= 4 is 50.6 Å². The summed E-state index contributed by atoms with van der Waals surface area (Å²) in [4.78, 5) is 36.1. The highest BCUT2D eigenvalue weighted by atomic mass is 32.2. The summed E-state index contributed by atoms with van der Waals surface area (Å²) in [7, 11) is 3.46. The van der Waals surface area contributed by atoms with Gasteiger partial charge in [0.2, 0.25) is 5.91 Å². The first-order chi connectivity index (χ1) is 11.5. The Morgan fingerprint density at radius 3 is 2.83 bits per heavy atom. The molecule has 0 saturated heterocycles. The van der Waals surface area contributed by atoms with Crippen molar-refractivity contribution in [1.29, 1.82) is 0 Å². The summed E-state index contributed by atoms with van der Waals surface area (Å²) in [5, 5.41) is 2.64. The molecule has 3 rings (SSSR count). The predicted octanol–water partition coefficient (Wildman–Crippen LogP) is 3.34. The van der Waals surface area contributed by atoms with Crippen molar-refractivity contribution in [3.8, 4) is 10.4 Å². The molecule has 24 heavy (non-hydrogen) atoms. The fourth-order valence-electron chi connectivity index (χ4n) is 2.19. The van der Waals surface area contributed by atoms with Gasteiger partial charge >= 0.3 is 0 Å². The third-order valence-electron chi connectivity index (χ3n) is 3.46. The Hall–Kier alpha value is -1.64. The van der Waals surface area contributed by atoms with Crippen molar-refractivity contribution in [1.82, 2.24) is 14.9 Å². The lowest BCUT2D eigenvalue weighted by Crippen LogP contribution is -2.23. The average Bonchev–Trinajstić information content (AvgIpc) is 3.13. The first-order valence-electron chi connectivity index (χ1n) is 7.31. The molecule has 1 amide bonds. The number of hydrogen-bond donors (Lipinski definition) is 1. The van der Waals surface area contributed by atoms with E-state index in [1.807, 2.05) is 11.4 Å². The van der Waals surface area contributed by atoms with Crippen molar-refractivity contribution in [3.63, 3.8) is 0 Å². The molecule has 0 aliphatic heterocycles. The number of thiophene rings is 2. The minimum atomic E-state index is -0.114. The van der Waals surface area contributed by atoms with Crippen LogP contribution in [0.25, 0.3) is 20.7 Å². The first kappa shape index (κ1) is 17.2. The highest BCUT2D eigenvalue weighted by molar-refractivity contribution is 7.99. The van der Waals surface area contributed by atoms with Gasteiger partial charge in [-0.05, 0) is 19.1 Å². The lowest BCUT2D eigenvalue weighted by atomic mass is 10.2. The van der Waals surface area contributed by atoms with Gasteiger partial charge in [0, 0.05) is 34.8 Å². The molecule has 8 heteroatoms. The average molecular weight is 380 g/mol. The van der Waals surface area contributed by atoms with E-state index in [0.29, 0.717) is 22.7 Å². The van der Waals surface area contributed by atoms with Crippen LogP contribution in [0, 0.1) is 6.92 Å². The SMILES string of the molecule is Cc1ccc(-c2csc3nc(CSCC(=O)N(C)C)[nH]c(=O)c23)s1. The molecule has 0 aromatic carbocycles. The first-order valence-corrected chi connectivity index (χ1v) is 10.2. The molecule has 0 spiro atoms. The highest BCUT2D eigenvalue weighted by Gasteiger charge is 2.14. The predicted molar refractivity (Wildman–Crippen MR) is 103 cm³/mol. The fraction of sp³-hybridized carbons (Fsp3) is 0.312. The van der Waals surface area contributed by atoms with E-state index in [2.05, 4.69) is 23.0 Å². The number of nitrogens with zero attached hydrogens (tertiary/aromatic N) is 2. The van der Waals surface area contributed by atoms with Gasteiger partial charge in [0.25, 0.3) is 5.56 Å². The summed E-state index contributed by atoms with van der Waals surface area (Å²) in [6, 6.07) is 4.09. The van der Waals surface area contributed by atoms with Crippen LogP contribution in [0.4, 0.5) is 0 Å². The molecule has 0 atom stereocenters. The van der Waals surface area contributed by atoms with Gasteiger partial charge < -0.3 is 9.88 Å². The molecule has 0 aliphatic carbocycles. The smallest absolute Gasteiger partial charge is 0.260 e.